The molecular formula is C9H12O. The SMILES string of the molecule is O=CC1CC2C=CCC1C2. The Balaban J connectivity index is 2.15. The Labute approximate surface area is 61.1 Å². The van der Waals surface area contributed by atoms with Crippen LogP contribution in [0.5, 0.6) is 0 Å². The van der Waals surface area contributed by atoms with Gasteiger partial charge < -0.3 is 4.79 Å². The molecule has 54 valence electrons. The number of rotatable bonds is 1. The van der Waals surface area contributed by atoms with Gasteiger partial charge in [-0.05, 0) is 31.1 Å². The van der Waals surface area contributed by atoms with Gasteiger partial charge in [0, 0.05) is 5.92 Å². The third-order valence-corrected chi connectivity index (χ3v) is 2.81. The quantitative estimate of drug-likeness (QED) is 0.396. The molecular weight excluding hydrogens is 124 g/mol. The number of carbonyl (C=O) groups excluding carboxylic acids is 1. The first-order chi connectivity index (χ1) is 4.90. The van der Waals surface area contributed by atoms with Crippen molar-refractivity contribution < 1.29 is 4.79 Å². The van der Waals surface area contributed by atoms with E-state index in [1.54, 1.807) is 0 Å². The van der Waals surface area contributed by atoms with Gasteiger partial charge in [0.05, 0.1) is 0 Å². The topological polar surface area (TPSA) is 17.1 Å². The van der Waals surface area contributed by atoms with Crippen LogP contribution < -0.4 is 0 Å². The molecule has 0 saturated heterocycles. The maximum atomic E-state index is 10.5. The van der Waals surface area contributed by atoms with E-state index in [2.05, 4.69) is 12.2 Å². The summed E-state index contributed by atoms with van der Waals surface area (Å²) >= 11 is 0. The summed E-state index contributed by atoms with van der Waals surface area (Å²) < 4.78 is 0. The third-order valence-electron chi connectivity index (χ3n) is 2.81. The molecule has 2 rings (SSSR count). The van der Waals surface area contributed by atoms with E-state index in [9.17, 15) is 4.79 Å². The highest BCUT2D eigenvalue weighted by Gasteiger charge is 2.33. The zero-order valence-corrected chi connectivity index (χ0v) is 5.99. The van der Waals surface area contributed by atoms with Crippen molar-refractivity contribution in [1.29, 1.82) is 0 Å². The van der Waals surface area contributed by atoms with Gasteiger partial charge in [-0.3, -0.25) is 0 Å². The summed E-state index contributed by atoms with van der Waals surface area (Å²) in [6, 6.07) is 0. The molecule has 1 fully saturated rings. The molecule has 10 heavy (non-hydrogen) atoms. The molecule has 0 aromatic rings. The van der Waals surface area contributed by atoms with Crippen molar-refractivity contribution in [2.24, 2.45) is 17.8 Å². The molecule has 0 amide bonds. The van der Waals surface area contributed by atoms with Gasteiger partial charge in [0.2, 0.25) is 0 Å². The molecule has 3 atom stereocenters. The summed E-state index contributed by atoms with van der Waals surface area (Å²) in [6.07, 6.45) is 9.18. The highest BCUT2D eigenvalue weighted by molar-refractivity contribution is 5.55. The van der Waals surface area contributed by atoms with Gasteiger partial charge in [-0.1, -0.05) is 12.2 Å². The van der Waals surface area contributed by atoms with Gasteiger partial charge >= 0.3 is 0 Å². The van der Waals surface area contributed by atoms with Crippen LogP contribution in [0.25, 0.3) is 0 Å². The zero-order valence-electron chi connectivity index (χ0n) is 5.99. The van der Waals surface area contributed by atoms with Crippen molar-refractivity contribution in [3.05, 3.63) is 12.2 Å². The van der Waals surface area contributed by atoms with Crippen LogP contribution in [0.4, 0.5) is 0 Å². The fourth-order valence-electron chi connectivity index (χ4n) is 2.24. The fourth-order valence-corrected chi connectivity index (χ4v) is 2.24. The van der Waals surface area contributed by atoms with Crippen LogP contribution in [0.3, 0.4) is 0 Å². The van der Waals surface area contributed by atoms with E-state index in [0.29, 0.717) is 11.8 Å². The van der Waals surface area contributed by atoms with Crippen molar-refractivity contribution in [2.75, 3.05) is 0 Å². The summed E-state index contributed by atoms with van der Waals surface area (Å²) in [6.45, 7) is 0. The van der Waals surface area contributed by atoms with Crippen LogP contribution in [-0.4, -0.2) is 6.29 Å². The Morgan fingerprint density at radius 2 is 2.30 bits per heavy atom. The first kappa shape index (κ1) is 6.14. The van der Waals surface area contributed by atoms with E-state index in [-0.39, 0.29) is 0 Å². The predicted molar refractivity (Wildman–Crippen MR) is 39.5 cm³/mol. The van der Waals surface area contributed by atoms with E-state index in [1.807, 2.05) is 0 Å². The van der Waals surface area contributed by atoms with Gasteiger partial charge in [0.25, 0.3) is 0 Å². The van der Waals surface area contributed by atoms with Crippen molar-refractivity contribution in [3.63, 3.8) is 0 Å². The minimum Gasteiger partial charge on any atom is -0.303 e. The molecule has 1 heteroatoms. The Morgan fingerprint density at radius 3 is 3.00 bits per heavy atom. The second kappa shape index (κ2) is 2.22. The summed E-state index contributed by atoms with van der Waals surface area (Å²) in [5.41, 5.74) is 0. The van der Waals surface area contributed by atoms with Crippen LogP contribution in [0.2, 0.25) is 0 Å². The summed E-state index contributed by atoms with van der Waals surface area (Å²) in [5.74, 6) is 1.79. The summed E-state index contributed by atoms with van der Waals surface area (Å²) in [5, 5.41) is 0. The number of allylic oxidation sites excluding steroid dienone is 2. The lowest BCUT2D eigenvalue weighted by molar-refractivity contribution is -0.111. The average Bonchev–Trinajstić information content (AvgIpc) is 2.26. The maximum Gasteiger partial charge on any atom is 0.123 e. The van der Waals surface area contributed by atoms with E-state index in [4.69, 9.17) is 0 Å². The lowest BCUT2D eigenvalue weighted by Crippen LogP contribution is -2.07. The maximum absolute atomic E-state index is 10.5. The second-order valence-electron chi connectivity index (χ2n) is 3.46. The van der Waals surface area contributed by atoms with Crippen molar-refractivity contribution in [2.45, 2.75) is 19.3 Å². The lowest BCUT2D eigenvalue weighted by atomic mass is 9.92. The second-order valence-corrected chi connectivity index (χ2v) is 3.46. The van der Waals surface area contributed by atoms with Crippen LogP contribution in [0.1, 0.15) is 19.3 Å². The number of hydrogen-bond acceptors (Lipinski definition) is 1. The van der Waals surface area contributed by atoms with E-state index in [0.717, 1.165) is 25.0 Å². The highest BCUT2D eigenvalue weighted by atomic mass is 16.1. The van der Waals surface area contributed by atoms with Gasteiger partial charge in [-0.2, -0.15) is 0 Å². The van der Waals surface area contributed by atoms with Crippen LogP contribution in [0.15, 0.2) is 12.2 Å². The molecule has 0 heterocycles. The first-order valence-corrected chi connectivity index (χ1v) is 4.02. The molecule has 2 bridgehead atoms. The predicted octanol–water partition coefficient (Wildman–Crippen LogP) is 1.79. The van der Waals surface area contributed by atoms with Crippen molar-refractivity contribution in [1.82, 2.24) is 0 Å². The standard InChI is InChI=1S/C9H12O/c10-6-9-5-7-2-1-3-8(9)4-7/h1-2,6-9H,3-5H2. The zero-order chi connectivity index (χ0) is 6.97. The monoisotopic (exact) mass is 136 g/mol. The third kappa shape index (κ3) is 0.808. The summed E-state index contributed by atoms with van der Waals surface area (Å²) in [4.78, 5) is 10.5. The minimum atomic E-state index is 0.375. The number of fused-ring (bicyclic) bond motifs is 2. The first-order valence-electron chi connectivity index (χ1n) is 4.02. The fraction of sp³-hybridized carbons (Fsp3) is 0.667. The van der Waals surface area contributed by atoms with Crippen LogP contribution in [-0.2, 0) is 4.79 Å². The number of aldehydes is 1. The highest BCUT2D eigenvalue weighted by Crippen LogP contribution is 2.41. The molecule has 0 radical (unpaired) electrons. The lowest BCUT2D eigenvalue weighted by Gasteiger charge is -2.12. The van der Waals surface area contributed by atoms with Crippen LogP contribution >= 0.6 is 0 Å². The smallest absolute Gasteiger partial charge is 0.123 e. The van der Waals surface area contributed by atoms with E-state index < -0.39 is 0 Å². The molecule has 2 aliphatic rings. The molecule has 0 N–H and O–H groups in total. The molecule has 0 aliphatic heterocycles. The Hall–Kier alpha value is -0.590. The van der Waals surface area contributed by atoms with Gasteiger partial charge in [0.15, 0.2) is 0 Å². The molecule has 1 saturated carbocycles. The molecule has 3 unspecified atom stereocenters. The number of carbonyl (C=O) groups is 1. The molecule has 0 aromatic heterocycles. The van der Waals surface area contributed by atoms with Gasteiger partial charge in [-0.15, -0.1) is 0 Å². The summed E-state index contributed by atoms with van der Waals surface area (Å²) in [7, 11) is 0. The molecule has 0 spiro atoms. The molecule has 2 aliphatic carbocycles. The van der Waals surface area contributed by atoms with Gasteiger partial charge in [0.1, 0.15) is 6.29 Å². The Bertz CT molecular complexity index is 172. The number of hydrogen-bond donors (Lipinski definition) is 0. The largest absolute Gasteiger partial charge is 0.303 e. The van der Waals surface area contributed by atoms with E-state index in [1.165, 1.54) is 6.42 Å². The minimum absolute atomic E-state index is 0.375. The van der Waals surface area contributed by atoms with E-state index >= 15 is 0 Å². The van der Waals surface area contributed by atoms with Crippen molar-refractivity contribution >= 4 is 6.29 Å². The Kier molecular flexibility index (Phi) is 1.37. The molecule has 1 nitrogen and oxygen atoms in total. The van der Waals surface area contributed by atoms with Gasteiger partial charge in [-0.25, -0.2) is 0 Å². The van der Waals surface area contributed by atoms with Crippen molar-refractivity contribution in [3.8, 4) is 0 Å². The average molecular weight is 136 g/mol. The normalized spacial score (nSPS) is 43.8. The molecule has 0 aromatic carbocycles. The Morgan fingerprint density at radius 1 is 1.40 bits per heavy atom. The van der Waals surface area contributed by atoms with Crippen LogP contribution in [0, 0.1) is 17.8 Å².